The molecule has 1 saturated carbocycles. The highest BCUT2D eigenvalue weighted by atomic mass is 35.5. The van der Waals surface area contributed by atoms with Crippen molar-refractivity contribution >= 4 is 41.5 Å². The van der Waals surface area contributed by atoms with E-state index in [1.807, 2.05) is 12.1 Å². The molecule has 0 unspecified atom stereocenters. The van der Waals surface area contributed by atoms with Gasteiger partial charge in [-0.2, -0.15) is 0 Å². The van der Waals surface area contributed by atoms with E-state index in [-0.39, 0.29) is 24.2 Å². The summed E-state index contributed by atoms with van der Waals surface area (Å²) in [6, 6.07) is 5.43. The summed E-state index contributed by atoms with van der Waals surface area (Å²) >= 11 is 12.0. The summed E-state index contributed by atoms with van der Waals surface area (Å²) in [6.07, 6.45) is 3.83. The van der Waals surface area contributed by atoms with E-state index in [0.717, 1.165) is 24.8 Å². The van der Waals surface area contributed by atoms with Gasteiger partial charge >= 0.3 is 0 Å². The fraction of sp³-hybridized carbons (Fsp3) is 0.533. The van der Waals surface area contributed by atoms with Crippen molar-refractivity contribution in [2.45, 2.75) is 25.7 Å². The predicted molar refractivity (Wildman–Crippen MR) is 90.3 cm³/mol. The second-order valence-corrected chi connectivity index (χ2v) is 6.15. The summed E-state index contributed by atoms with van der Waals surface area (Å²) in [5.74, 6) is 0.554. The van der Waals surface area contributed by atoms with Crippen molar-refractivity contribution in [3.63, 3.8) is 0 Å². The van der Waals surface area contributed by atoms with Crippen molar-refractivity contribution < 1.29 is 4.79 Å². The molecule has 2 rings (SSSR count). The average molecular weight is 352 g/mol. The molecule has 118 valence electrons. The Bertz CT molecular complexity index is 482. The van der Waals surface area contributed by atoms with E-state index < -0.39 is 0 Å². The molecule has 0 bridgehead atoms. The summed E-state index contributed by atoms with van der Waals surface area (Å²) in [7, 11) is 0. The first-order chi connectivity index (χ1) is 9.61. The number of rotatable bonds is 5. The van der Waals surface area contributed by atoms with Crippen LogP contribution in [-0.4, -0.2) is 19.0 Å². The fourth-order valence-electron chi connectivity index (χ4n) is 2.84. The third kappa shape index (κ3) is 5.03. The molecule has 1 aromatic rings. The van der Waals surface area contributed by atoms with E-state index in [2.05, 4.69) is 5.32 Å². The van der Waals surface area contributed by atoms with Crippen LogP contribution in [0.5, 0.6) is 0 Å². The molecule has 1 amide bonds. The molecule has 3 N–H and O–H groups in total. The Hall–Kier alpha value is -0.480. The Morgan fingerprint density at radius 3 is 2.76 bits per heavy atom. The number of halogens is 3. The fourth-order valence-corrected chi connectivity index (χ4v) is 3.34. The molecule has 0 aliphatic heterocycles. The van der Waals surface area contributed by atoms with Gasteiger partial charge in [-0.1, -0.05) is 35.7 Å². The molecule has 21 heavy (non-hydrogen) atoms. The largest absolute Gasteiger partial charge is 0.356 e. The van der Waals surface area contributed by atoms with Crippen molar-refractivity contribution in [2.24, 2.45) is 17.6 Å². The number of carbonyl (C=O) groups is 1. The Morgan fingerprint density at radius 1 is 1.33 bits per heavy atom. The lowest BCUT2D eigenvalue weighted by atomic mass is 9.95. The third-order valence-corrected chi connectivity index (χ3v) is 4.59. The second-order valence-electron chi connectivity index (χ2n) is 5.31. The van der Waals surface area contributed by atoms with Crippen LogP contribution in [0.4, 0.5) is 0 Å². The van der Waals surface area contributed by atoms with Crippen LogP contribution in [0.3, 0.4) is 0 Å². The first-order valence-corrected chi connectivity index (χ1v) is 7.79. The summed E-state index contributed by atoms with van der Waals surface area (Å²) < 4.78 is 0. The topological polar surface area (TPSA) is 55.1 Å². The van der Waals surface area contributed by atoms with Crippen LogP contribution in [0.2, 0.25) is 10.0 Å². The first-order valence-electron chi connectivity index (χ1n) is 7.03. The van der Waals surface area contributed by atoms with Crippen molar-refractivity contribution in [3.8, 4) is 0 Å². The lowest BCUT2D eigenvalue weighted by Crippen LogP contribution is -2.36. The van der Waals surface area contributed by atoms with E-state index in [0.29, 0.717) is 35.5 Å². The van der Waals surface area contributed by atoms with Crippen LogP contribution < -0.4 is 11.1 Å². The van der Waals surface area contributed by atoms with E-state index in [1.165, 1.54) is 0 Å². The number of hydrogen-bond acceptors (Lipinski definition) is 2. The minimum Gasteiger partial charge on any atom is -0.356 e. The molecular weight excluding hydrogens is 331 g/mol. The van der Waals surface area contributed by atoms with Crippen LogP contribution in [0.1, 0.15) is 24.8 Å². The SMILES string of the molecule is Cl.NC[C@H]1CCC[C@H]1C(=O)NCCc1ccc(Cl)cc1Cl. The molecule has 2 atom stereocenters. The summed E-state index contributed by atoms with van der Waals surface area (Å²) in [5.41, 5.74) is 6.70. The van der Waals surface area contributed by atoms with Gasteiger partial charge in [-0.3, -0.25) is 4.79 Å². The van der Waals surface area contributed by atoms with Crippen LogP contribution in [0, 0.1) is 11.8 Å². The van der Waals surface area contributed by atoms with E-state index in [1.54, 1.807) is 6.07 Å². The molecule has 0 spiro atoms. The highest BCUT2D eigenvalue weighted by molar-refractivity contribution is 6.35. The molecule has 0 aromatic heterocycles. The molecule has 0 radical (unpaired) electrons. The van der Waals surface area contributed by atoms with Crippen molar-refractivity contribution in [2.75, 3.05) is 13.1 Å². The molecule has 1 aliphatic rings. The standard InChI is InChI=1S/C15H20Cl2N2O.ClH/c16-12-5-4-10(14(17)8-12)6-7-19-15(20)13-3-1-2-11(13)9-18;/h4-5,8,11,13H,1-3,6-7,9,18H2,(H,19,20);1H/t11-,13-;/m1./s1. The van der Waals surface area contributed by atoms with Gasteiger partial charge in [-0.25, -0.2) is 0 Å². The molecule has 6 heteroatoms. The lowest BCUT2D eigenvalue weighted by molar-refractivity contribution is -0.125. The Kier molecular flexibility index (Phi) is 7.82. The monoisotopic (exact) mass is 350 g/mol. The first kappa shape index (κ1) is 18.6. The minimum absolute atomic E-state index is 0. The van der Waals surface area contributed by atoms with Gasteiger partial charge in [0.25, 0.3) is 0 Å². The Morgan fingerprint density at radius 2 is 2.10 bits per heavy atom. The van der Waals surface area contributed by atoms with Crippen molar-refractivity contribution in [1.82, 2.24) is 5.32 Å². The average Bonchev–Trinajstić information content (AvgIpc) is 2.89. The van der Waals surface area contributed by atoms with Gasteiger partial charge in [-0.05, 0) is 49.4 Å². The molecule has 1 aliphatic carbocycles. The zero-order valence-corrected chi connectivity index (χ0v) is 14.1. The van der Waals surface area contributed by atoms with Gasteiger partial charge in [-0.15, -0.1) is 12.4 Å². The molecule has 3 nitrogen and oxygen atoms in total. The van der Waals surface area contributed by atoms with E-state index >= 15 is 0 Å². The highest BCUT2D eigenvalue weighted by Gasteiger charge is 2.31. The normalized spacial score (nSPS) is 20.9. The van der Waals surface area contributed by atoms with Gasteiger partial charge in [0.1, 0.15) is 0 Å². The minimum atomic E-state index is 0. The molecular formula is C15H21Cl3N2O. The quantitative estimate of drug-likeness (QED) is 0.853. The summed E-state index contributed by atoms with van der Waals surface area (Å²) in [5, 5.41) is 4.26. The number of carbonyl (C=O) groups excluding carboxylic acids is 1. The summed E-state index contributed by atoms with van der Waals surface area (Å²) in [6.45, 7) is 1.19. The molecule has 0 heterocycles. The summed E-state index contributed by atoms with van der Waals surface area (Å²) in [4.78, 5) is 12.1. The van der Waals surface area contributed by atoms with Gasteiger partial charge in [0.15, 0.2) is 0 Å². The van der Waals surface area contributed by atoms with Gasteiger partial charge in [0.05, 0.1) is 0 Å². The van der Waals surface area contributed by atoms with Crippen molar-refractivity contribution in [3.05, 3.63) is 33.8 Å². The number of nitrogens with one attached hydrogen (secondary N) is 1. The van der Waals surface area contributed by atoms with Crippen LogP contribution in [0.25, 0.3) is 0 Å². The molecule has 1 fully saturated rings. The van der Waals surface area contributed by atoms with Crippen molar-refractivity contribution in [1.29, 1.82) is 0 Å². The number of nitrogens with two attached hydrogens (primary N) is 1. The smallest absolute Gasteiger partial charge is 0.223 e. The lowest BCUT2D eigenvalue weighted by Gasteiger charge is -2.17. The Labute approximate surface area is 142 Å². The van der Waals surface area contributed by atoms with Crippen LogP contribution in [0.15, 0.2) is 18.2 Å². The zero-order valence-electron chi connectivity index (χ0n) is 11.8. The zero-order chi connectivity index (χ0) is 14.5. The maximum Gasteiger partial charge on any atom is 0.223 e. The van der Waals surface area contributed by atoms with Gasteiger partial charge < -0.3 is 11.1 Å². The van der Waals surface area contributed by atoms with Crippen LogP contribution in [-0.2, 0) is 11.2 Å². The van der Waals surface area contributed by atoms with Crippen LogP contribution >= 0.6 is 35.6 Å². The second kappa shape index (κ2) is 8.84. The number of hydrogen-bond donors (Lipinski definition) is 2. The number of benzene rings is 1. The highest BCUT2D eigenvalue weighted by Crippen LogP contribution is 2.30. The van der Waals surface area contributed by atoms with Gasteiger partial charge in [0.2, 0.25) is 5.91 Å². The van der Waals surface area contributed by atoms with E-state index in [9.17, 15) is 4.79 Å². The maximum atomic E-state index is 12.1. The predicted octanol–water partition coefficient (Wildman–Crippen LogP) is 3.45. The molecule has 1 aromatic carbocycles. The van der Waals surface area contributed by atoms with Gasteiger partial charge in [0, 0.05) is 22.5 Å². The Balaban J connectivity index is 0.00000220. The third-order valence-electron chi connectivity index (χ3n) is 4.01. The molecule has 0 saturated heterocycles. The van der Waals surface area contributed by atoms with E-state index in [4.69, 9.17) is 28.9 Å². The maximum absolute atomic E-state index is 12.1. The number of amides is 1.